The topological polar surface area (TPSA) is 33.0 Å². The van der Waals surface area contributed by atoms with Crippen LogP contribution in [0, 0.1) is 17.9 Å². The zero-order valence-electron chi connectivity index (χ0n) is 3.64. The lowest BCUT2D eigenvalue weighted by Crippen LogP contribution is -1.73. The maximum Gasteiger partial charge on any atom is 0.0972 e. The van der Waals surface area contributed by atoms with Crippen LogP contribution in [-0.4, -0.2) is 7.11 Å². The van der Waals surface area contributed by atoms with Crippen LogP contribution in [0.2, 0.25) is 0 Å². The number of ether oxygens (including phenoxy) is 1. The van der Waals surface area contributed by atoms with Crippen molar-refractivity contribution in [3.8, 4) is 6.07 Å². The summed E-state index contributed by atoms with van der Waals surface area (Å²) in [6.45, 7) is 1.44. The third kappa shape index (κ3) is 3.45. The highest BCUT2D eigenvalue weighted by atomic mass is 16.5. The van der Waals surface area contributed by atoms with E-state index in [1.54, 1.807) is 0 Å². The summed E-state index contributed by atoms with van der Waals surface area (Å²) in [5.74, 6) is 0. The number of rotatable bonds is 2. The Morgan fingerprint density at radius 3 is 2.83 bits per heavy atom. The van der Waals surface area contributed by atoms with Crippen molar-refractivity contribution >= 4 is 0 Å². The van der Waals surface area contributed by atoms with E-state index in [9.17, 15) is 0 Å². The molecule has 0 aromatic carbocycles. The van der Waals surface area contributed by atoms with Gasteiger partial charge in [-0.05, 0) is 0 Å². The van der Waals surface area contributed by atoms with E-state index in [-0.39, 0.29) is 0 Å². The van der Waals surface area contributed by atoms with Crippen molar-refractivity contribution in [3.05, 3.63) is 6.61 Å². The van der Waals surface area contributed by atoms with Crippen LogP contribution in [0.5, 0.6) is 0 Å². The van der Waals surface area contributed by atoms with Gasteiger partial charge in [0.2, 0.25) is 0 Å². The minimum absolute atomic E-state index is 0.372. The smallest absolute Gasteiger partial charge is 0.0972 e. The summed E-state index contributed by atoms with van der Waals surface area (Å²) in [7, 11) is 1.53. The molecule has 1 radical (unpaired) electrons. The second-order valence-corrected chi connectivity index (χ2v) is 0.765. The molecule has 0 rings (SSSR count). The number of hydrogen-bond donors (Lipinski definition) is 0. The summed E-state index contributed by atoms with van der Waals surface area (Å²) in [5.41, 5.74) is 0. The van der Waals surface area contributed by atoms with Gasteiger partial charge < -0.3 is 4.74 Å². The van der Waals surface area contributed by atoms with Gasteiger partial charge in [-0.2, -0.15) is 5.26 Å². The number of nitrogens with zero attached hydrogens (tertiary/aromatic N) is 1. The lowest BCUT2D eigenvalue weighted by atomic mass is 10.5. The molecule has 0 aliphatic heterocycles. The predicted octanol–water partition coefficient (Wildman–Crippen LogP) is 0.708. The van der Waals surface area contributed by atoms with E-state index in [0.717, 1.165) is 0 Å². The molecule has 0 unspecified atom stereocenters. The molecule has 0 N–H and O–H groups in total. The van der Waals surface area contributed by atoms with Crippen LogP contribution in [0.25, 0.3) is 0 Å². The van der Waals surface area contributed by atoms with E-state index < -0.39 is 0 Å². The van der Waals surface area contributed by atoms with Crippen LogP contribution in [0.4, 0.5) is 0 Å². The van der Waals surface area contributed by atoms with Crippen LogP contribution in [0.3, 0.4) is 0 Å². The van der Waals surface area contributed by atoms with Crippen molar-refractivity contribution in [2.24, 2.45) is 0 Å². The molecule has 0 amide bonds. The number of hydrogen-bond acceptors (Lipinski definition) is 2. The van der Waals surface area contributed by atoms with Gasteiger partial charge in [-0.25, -0.2) is 0 Å². The van der Waals surface area contributed by atoms with Gasteiger partial charge in [0.15, 0.2) is 0 Å². The van der Waals surface area contributed by atoms with E-state index in [1.807, 2.05) is 6.07 Å². The molecular formula is C4H6NO. The van der Waals surface area contributed by atoms with Crippen molar-refractivity contribution in [2.45, 2.75) is 6.42 Å². The summed E-state index contributed by atoms with van der Waals surface area (Å²) >= 11 is 0. The highest BCUT2D eigenvalue weighted by Gasteiger charge is 1.74. The largest absolute Gasteiger partial charge is 0.378 e. The maximum absolute atomic E-state index is 7.84. The Morgan fingerprint density at radius 1 is 2.00 bits per heavy atom. The fourth-order valence-electron chi connectivity index (χ4n) is 0.121. The molecule has 0 bridgehead atoms. The molecule has 0 saturated heterocycles. The van der Waals surface area contributed by atoms with Gasteiger partial charge in [-0.15, -0.1) is 0 Å². The molecule has 6 heavy (non-hydrogen) atoms. The van der Waals surface area contributed by atoms with Gasteiger partial charge in [0.1, 0.15) is 0 Å². The normalized spacial score (nSPS) is 7.33. The summed E-state index contributed by atoms with van der Waals surface area (Å²) in [5, 5.41) is 7.84. The first kappa shape index (κ1) is 5.45. The minimum atomic E-state index is 0.372. The standard InChI is InChI=1S/C4H6NO/c1-6-4-2-3-5/h4H,2H2,1H3. The Morgan fingerprint density at radius 2 is 2.67 bits per heavy atom. The Balaban J connectivity index is 2.54. The monoisotopic (exact) mass is 84.0 g/mol. The fourth-order valence-corrected chi connectivity index (χ4v) is 0.121. The molecular weight excluding hydrogens is 78.0 g/mol. The Kier molecular flexibility index (Phi) is 4.04. The highest BCUT2D eigenvalue weighted by Crippen LogP contribution is 1.79. The first-order chi connectivity index (χ1) is 2.91. The minimum Gasteiger partial charge on any atom is -0.378 e. The van der Waals surface area contributed by atoms with Gasteiger partial charge in [0.25, 0.3) is 0 Å². The summed E-state index contributed by atoms with van der Waals surface area (Å²) in [6.07, 6.45) is 0.372. The molecule has 0 saturated carbocycles. The van der Waals surface area contributed by atoms with Gasteiger partial charge in [0.05, 0.1) is 19.1 Å². The molecule has 0 fully saturated rings. The van der Waals surface area contributed by atoms with E-state index in [0.29, 0.717) is 6.42 Å². The lowest BCUT2D eigenvalue weighted by molar-refractivity contribution is 0.274. The predicted molar refractivity (Wildman–Crippen MR) is 21.5 cm³/mol. The quantitative estimate of drug-likeness (QED) is 0.461. The maximum atomic E-state index is 7.84. The Labute approximate surface area is 37.3 Å². The van der Waals surface area contributed by atoms with Gasteiger partial charge in [0, 0.05) is 7.11 Å². The second kappa shape index (κ2) is 4.45. The molecule has 2 heteroatoms. The SMILES string of the molecule is CO[CH]CC#N. The van der Waals surface area contributed by atoms with Gasteiger partial charge in [-0.3, -0.25) is 0 Å². The first-order valence-electron chi connectivity index (χ1n) is 1.63. The van der Waals surface area contributed by atoms with Crippen LogP contribution in [0.1, 0.15) is 6.42 Å². The van der Waals surface area contributed by atoms with E-state index >= 15 is 0 Å². The molecule has 0 heterocycles. The van der Waals surface area contributed by atoms with Crippen molar-refractivity contribution in [1.29, 1.82) is 5.26 Å². The van der Waals surface area contributed by atoms with Crippen molar-refractivity contribution in [1.82, 2.24) is 0 Å². The Hall–Kier alpha value is -0.550. The molecule has 2 nitrogen and oxygen atoms in total. The van der Waals surface area contributed by atoms with E-state index in [2.05, 4.69) is 4.74 Å². The lowest BCUT2D eigenvalue weighted by Gasteiger charge is -1.81. The third-order valence-electron chi connectivity index (χ3n) is 0.341. The highest BCUT2D eigenvalue weighted by molar-refractivity contribution is 4.73. The zero-order chi connectivity index (χ0) is 4.83. The zero-order valence-corrected chi connectivity index (χ0v) is 3.64. The summed E-state index contributed by atoms with van der Waals surface area (Å²) in [6, 6.07) is 1.89. The van der Waals surface area contributed by atoms with Crippen LogP contribution < -0.4 is 0 Å². The molecule has 0 aliphatic rings. The molecule has 33 valence electrons. The molecule has 0 spiro atoms. The third-order valence-corrected chi connectivity index (χ3v) is 0.341. The van der Waals surface area contributed by atoms with Crippen LogP contribution in [0.15, 0.2) is 0 Å². The number of nitriles is 1. The Bertz CT molecular complexity index is 55.1. The van der Waals surface area contributed by atoms with Crippen molar-refractivity contribution in [3.63, 3.8) is 0 Å². The average molecular weight is 84.1 g/mol. The summed E-state index contributed by atoms with van der Waals surface area (Å²) < 4.78 is 4.43. The fraction of sp³-hybridized carbons (Fsp3) is 0.500. The summed E-state index contributed by atoms with van der Waals surface area (Å²) in [4.78, 5) is 0. The van der Waals surface area contributed by atoms with Crippen LogP contribution >= 0.6 is 0 Å². The van der Waals surface area contributed by atoms with E-state index in [1.165, 1.54) is 13.7 Å². The molecule has 0 aromatic heterocycles. The molecule has 0 aromatic rings. The molecule has 0 aliphatic carbocycles. The van der Waals surface area contributed by atoms with Crippen molar-refractivity contribution in [2.75, 3.05) is 7.11 Å². The van der Waals surface area contributed by atoms with Gasteiger partial charge in [-0.1, -0.05) is 0 Å². The van der Waals surface area contributed by atoms with E-state index in [4.69, 9.17) is 5.26 Å². The van der Waals surface area contributed by atoms with Crippen molar-refractivity contribution < 1.29 is 4.74 Å². The van der Waals surface area contributed by atoms with Gasteiger partial charge >= 0.3 is 0 Å². The van der Waals surface area contributed by atoms with Crippen LogP contribution in [-0.2, 0) is 4.74 Å². The molecule has 0 atom stereocenters. The second-order valence-electron chi connectivity index (χ2n) is 0.765. The number of methoxy groups -OCH3 is 1. The average Bonchev–Trinajstić information content (AvgIpc) is 1.61. The first-order valence-corrected chi connectivity index (χ1v) is 1.63.